The summed E-state index contributed by atoms with van der Waals surface area (Å²) in [6.07, 6.45) is -3.49. The van der Waals surface area contributed by atoms with E-state index in [1.54, 1.807) is 12.0 Å². The summed E-state index contributed by atoms with van der Waals surface area (Å²) >= 11 is 0. The number of carbonyl (C=O) groups excluding carboxylic acids is 1. The number of methoxy groups -OCH3 is 1. The number of rotatable bonds is 4. The summed E-state index contributed by atoms with van der Waals surface area (Å²) in [6.45, 7) is 0.716. The van der Waals surface area contributed by atoms with Crippen LogP contribution in [0.25, 0.3) is 0 Å². The highest BCUT2D eigenvalue weighted by molar-refractivity contribution is 5.95. The van der Waals surface area contributed by atoms with E-state index >= 15 is 0 Å². The fourth-order valence-corrected chi connectivity index (χ4v) is 2.71. The molecule has 0 spiro atoms. The molecule has 0 bridgehead atoms. The Kier molecular flexibility index (Phi) is 5.48. The number of halogens is 3. The maximum atomic E-state index is 12.6. The quantitative estimate of drug-likeness (QED) is 0.918. The van der Waals surface area contributed by atoms with E-state index in [0.29, 0.717) is 19.4 Å². The first-order valence-corrected chi connectivity index (χ1v) is 7.23. The summed E-state index contributed by atoms with van der Waals surface area (Å²) in [5, 5.41) is 0. The zero-order valence-corrected chi connectivity index (χ0v) is 12.7. The average molecular weight is 332 g/mol. The van der Waals surface area contributed by atoms with Gasteiger partial charge in [0.2, 0.25) is 0 Å². The van der Waals surface area contributed by atoms with Gasteiger partial charge in [-0.15, -0.1) is 13.2 Å². The molecule has 0 aliphatic carbocycles. The van der Waals surface area contributed by atoms with Crippen LogP contribution in [0, 0.1) is 0 Å². The fourth-order valence-electron chi connectivity index (χ4n) is 2.71. The molecule has 1 fully saturated rings. The number of nitrogens with two attached hydrogens (primary N) is 1. The molecule has 2 unspecified atom stereocenters. The van der Waals surface area contributed by atoms with Crippen LogP contribution in [-0.4, -0.2) is 49.5 Å². The van der Waals surface area contributed by atoms with Crippen LogP contribution < -0.4 is 10.5 Å². The van der Waals surface area contributed by atoms with Gasteiger partial charge >= 0.3 is 6.36 Å². The molecule has 1 amide bonds. The van der Waals surface area contributed by atoms with E-state index in [4.69, 9.17) is 10.5 Å². The number of alkyl halides is 3. The number of nitrogens with zero attached hydrogens (tertiary/aromatic N) is 1. The van der Waals surface area contributed by atoms with Crippen LogP contribution in [0.2, 0.25) is 0 Å². The van der Waals surface area contributed by atoms with E-state index in [0.717, 1.165) is 12.1 Å². The summed E-state index contributed by atoms with van der Waals surface area (Å²) in [4.78, 5) is 14.2. The molecular formula is C15H19F3N2O3. The van der Waals surface area contributed by atoms with Crippen molar-refractivity contribution in [2.75, 3.05) is 20.2 Å². The second-order valence-corrected chi connectivity index (χ2v) is 5.35. The third-order valence-electron chi connectivity index (χ3n) is 3.85. The van der Waals surface area contributed by atoms with Crippen molar-refractivity contribution in [2.45, 2.75) is 31.3 Å². The number of piperidine rings is 1. The maximum absolute atomic E-state index is 12.6. The Bertz CT molecular complexity index is 551. The molecule has 1 heterocycles. The predicted molar refractivity (Wildman–Crippen MR) is 77.0 cm³/mol. The number of benzene rings is 1. The normalized spacial score (nSPS) is 22.0. The number of hydrogen-bond donors (Lipinski definition) is 1. The van der Waals surface area contributed by atoms with Crippen molar-refractivity contribution in [2.24, 2.45) is 5.73 Å². The van der Waals surface area contributed by atoms with Crippen molar-refractivity contribution in [3.63, 3.8) is 0 Å². The maximum Gasteiger partial charge on any atom is 0.573 e. The minimum atomic E-state index is -4.79. The number of amides is 1. The first kappa shape index (κ1) is 17.6. The predicted octanol–water partition coefficient (Wildman–Crippen LogP) is 2.16. The topological polar surface area (TPSA) is 64.8 Å². The Labute approximate surface area is 132 Å². The highest BCUT2D eigenvalue weighted by Crippen LogP contribution is 2.26. The van der Waals surface area contributed by atoms with E-state index < -0.39 is 12.1 Å². The second-order valence-electron chi connectivity index (χ2n) is 5.35. The monoisotopic (exact) mass is 332 g/mol. The summed E-state index contributed by atoms with van der Waals surface area (Å²) in [5.41, 5.74) is 5.86. The van der Waals surface area contributed by atoms with Gasteiger partial charge in [0, 0.05) is 31.8 Å². The number of likely N-dealkylation sites (tertiary alicyclic amines) is 1. The first-order valence-electron chi connectivity index (χ1n) is 7.23. The molecule has 23 heavy (non-hydrogen) atoms. The average Bonchev–Trinajstić information content (AvgIpc) is 2.52. The minimum absolute atomic E-state index is 0.0347. The Morgan fingerprint density at radius 3 is 2.78 bits per heavy atom. The Morgan fingerprint density at radius 1 is 1.43 bits per heavy atom. The van der Waals surface area contributed by atoms with Crippen molar-refractivity contribution < 1.29 is 27.4 Å². The van der Waals surface area contributed by atoms with Crippen molar-refractivity contribution >= 4 is 5.91 Å². The van der Waals surface area contributed by atoms with Gasteiger partial charge in [0.1, 0.15) is 5.75 Å². The van der Waals surface area contributed by atoms with Gasteiger partial charge in [0.15, 0.2) is 0 Å². The molecule has 128 valence electrons. The Morgan fingerprint density at radius 2 is 2.17 bits per heavy atom. The molecule has 1 aromatic rings. The van der Waals surface area contributed by atoms with Crippen LogP contribution in [0.3, 0.4) is 0 Å². The Balaban J connectivity index is 2.15. The second kappa shape index (κ2) is 7.18. The summed E-state index contributed by atoms with van der Waals surface area (Å²) in [5.74, 6) is -0.776. The highest BCUT2D eigenvalue weighted by Gasteiger charge is 2.33. The molecule has 1 aliphatic heterocycles. The van der Waals surface area contributed by atoms with E-state index in [1.165, 1.54) is 12.1 Å². The number of ether oxygens (including phenoxy) is 2. The molecule has 2 rings (SSSR count). The molecule has 1 saturated heterocycles. The lowest BCUT2D eigenvalue weighted by molar-refractivity contribution is -0.274. The minimum Gasteiger partial charge on any atom is -0.406 e. The van der Waals surface area contributed by atoms with Crippen LogP contribution in [0.15, 0.2) is 24.3 Å². The molecule has 1 aromatic carbocycles. The van der Waals surface area contributed by atoms with Gasteiger partial charge in [-0.1, -0.05) is 6.07 Å². The van der Waals surface area contributed by atoms with E-state index in [-0.39, 0.29) is 30.2 Å². The van der Waals surface area contributed by atoms with Gasteiger partial charge in [-0.05, 0) is 31.0 Å². The largest absolute Gasteiger partial charge is 0.573 e. The molecule has 8 heteroatoms. The fraction of sp³-hybridized carbons (Fsp3) is 0.533. The molecular weight excluding hydrogens is 313 g/mol. The van der Waals surface area contributed by atoms with Crippen LogP contribution in [0.5, 0.6) is 5.75 Å². The van der Waals surface area contributed by atoms with Gasteiger partial charge in [-0.3, -0.25) is 4.79 Å². The third kappa shape index (κ3) is 4.59. The van der Waals surface area contributed by atoms with Crippen molar-refractivity contribution in [3.05, 3.63) is 29.8 Å². The van der Waals surface area contributed by atoms with Gasteiger partial charge in [-0.2, -0.15) is 0 Å². The zero-order valence-electron chi connectivity index (χ0n) is 12.7. The van der Waals surface area contributed by atoms with Crippen LogP contribution >= 0.6 is 0 Å². The summed E-state index contributed by atoms with van der Waals surface area (Å²) in [6, 6.07) is 4.86. The first-order chi connectivity index (χ1) is 10.8. The zero-order chi connectivity index (χ0) is 17.0. The molecule has 2 atom stereocenters. The molecule has 0 radical (unpaired) electrons. The van der Waals surface area contributed by atoms with E-state index in [1.807, 2.05) is 0 Å². The standard InChI is InChI=1S/C15H19F3N2O3/c1-22-12-5-6-20(11(8-12)9-19)14(21)10-3-2-4-13(7-10)23-15(16,17)18/h2-4,7,11-12H,5-6,8-9,19H2,1H3. The van der Waals surface area contributed by atoms with Gasteiger partial charge in [0.05, 0.1) is 6.10 Å². The van der Waals surface area contributed by atoms with Crippen molar-refractivity contribution in [1.29, 1.82) is 0 Å². The Hall–Kier alpha value is -1.80. The molecule has 5 nitrogen and oxygen atoms in total. The highest BCUT2D eigenvalue weighted by atomic mass is 19.4. The van der Waals surface area contributed by atoms with Gasteiger partial charge in [0.25, 0.3) is 5.91 Å². The van der Waals surface area contributed by atoms with Crippen LogP contribution in [0.1, 0.15) is 23.2 Å². The molecule has 0 saturated carbocycles. The SMILES string of the molecule is COC1CCN(C(=O)c2cccc(OC(F)(F)F)c2)C(CN)C1. The molecule has 2 N–H and O–H groups in total. The molecule has 1 aliphatic rings. The summed E-state index contributed by atoms with van der Waals surface area (Å²) < 4.78 is 46.0. The summed E-state index contributed by atoms with van der Waals surface area (Å²) in [7, 11) is 1.60. The number of hydrogen-bond acceptors (Lipinski definition) is 4. The number of carbonyl (C=O) groups is 1. The third-order valence-corrected chi connectivity index (χ3v) is 3.85. The lowest BCUT2D eigenvalue weighted by Crippen LogP contribution is -2.51. The van der Waals surface area contributed by atoms with Gasteiger partial charge < -0.3 is 20.1 Å². The van der Waals surface area contributed by atoms with Gasteiger partial charge in [-0.25, -0.2) is 0 Å². The van der Waals surface area contributed by atoms with E-state index in [9.17, 15) is 18.0 Å². The van der Waals surface area contributed by atoms with Crippen molar-refractivity contribution in [1.82, 2.24) is 4.90 Å². The lowest BCUT2D eigenvalue weighted by atomic mass is 9.98. The smallest absolute Gasteiger partial charge is 0.406 e. The van der Waals surface area contributed by atoms with E-state index in [2.05, 4.69) is 4.74 Å². The molecule has 0 aromatic heterocycles. The van der Waals surface area contributed by atoms with Crippen molar-refractivity contribution in [3.8, 4) is 5.75 Å². The van der Waals surface area contributed by atoms with Crippen LogP contribution in [-0.2, 0) is 4.74 Å². The lowest BCUT2D eigenvalue weighted by Gasteiger charge is -2.38. The van der Waals surface area contributed by atoms with Crippen LogP contribution in [0.4, 0.5) is 13.2 Å².